The first-order chi connectivity index (χ1) is 7.77. The fraction of sp³-hybridized carbons (Fsp3) is 0.455. The first-order valence-corrected chi connectivity index (χ1v) is 5.35. The maximum atomic E-state index is 11.5. The Balaban J connectivity index is 2.01. The van der Waals surface area contributed by atoms with Gasteiger partial charge in [0.25, 0.3) is 0 Å². The van der Waals surface area contributed by atoms with Crippen molar-refractivity contribution in [2.24, 2.45) is 0 Å². The highest BCUT2D eigenvalue weighted by Gasteiger charge is 2.19. The molecule has 0 bridgehead atoms. The minimum absolute atomic E-state index is 0.0391. The normalized spacial score (nSPS) is 15.9. The lowest BCUT2D eigenvalue weighted by Crippen LogP contribution is -2.22. The number of rotatable bonds is 2. The highest BCUT2D eigenvalue weighted by Crippen LogP contribution is 2.15. The molecule has 0 aliphatic heterocycles. The number of carbonyl (C=O) groups is 1. The van der Waals surface area contributed by atoms with Gasteiger partial charge in [0, 0.05) is 17.7 Å². The Morgan fingerprint density at radius 3 is 2.75 bits per heavy atom. The standard InChI is InChI=1S/C11H13NO4/c13-11(10-7-4-8-15-10)16-12(14)9-5-2-1-3-6-9/h4,7-8H,1-3,5-6H2. The second-order valence-electron chi connectivity index (χ2n) is 3.74. The monoisotopic (exact) mass is 223 g/mol. The van der Waals surface area contributed by atoms with E-state index in [1.54, 1.807) is 6.07 Å². The van der Waals surface area contributed by atoms with Crippen LogP contribution in [0, 0.1) is 5.21 Å². The molecule has 0 unspecified atom stereocenters. The second-order valence-corrected chi connectivity index (χ2v) is 3.74. The molecule has 0 aromatic carbocycles. The van der Waals surface area contributed by atoms with Crippen LogP contribution in [0.3, 0.4) is 0 Å². The summed E-state index contributed by atoms with van der Waals surface area (Å²) >= 11 is 0. The molecule has 0 radical (unpaired) electrons. The molecule has 1 saturated carbocycles. The molecule has 0 N–H and O–H groups in total. The van der Waals surface area contributed by atoms with E-state index in [2.05, 4.69) is 4.84 Å². The molecule has 1 aromatic heterocycles. The third-order valence-electron chi connectivity index (χ3n) is 2.58. The minimum Gasteiger partial charge on any atom is -0.460 e. The predicted molar refractivity (Wildman–Crippen MR) is 55.8 cm³/mol. The Labute approximate surface area is 92.9 Å². The Bertz CT molecular complexity index is 386. The van der Waals surface area contributed by atoms with Gasteiger partial charge in [-0.3, -0.25) is 10.0 Å². The van der Waals surface area contributed by atoms with Gasteiger partial charge in [0.1, 0.15) is 0 Å². The maximum absolute atomic E-state index is 11.5. The summed E-state index contributed by atoms with van der Waals surface area (Å²) in [6.45, 7) is 0. The van der Waals surface area contributed by atoms with Crippen LogP contribution in [0.2, 0.25) is 0 Å². The van der Waals surface area contributed by atoms with Gasteiger partial charge < -0.3 is 9.25 Å². The maximum Gasteiger partial charge on any atom is 0.322 e. The van der Waals surface area contributed by atoms with Crippen molar-refractivity contribution in [1.29, 1.82) is 0 Å². The summed E-state index contributed by atoms with van der Waals surface area (Å²) in [6, 6.07) is 3.03. The van der Waals surface area contributed by atoms with E-state index in [0.29, 0.717) is 23.5 Å². The van der Waals surface area contributed by atoms with Crippen LogP contribution < -0.4 is 0 Å². The van der Waals surface area contributed by atoms with E-state index in [9.17, 15) is 10.0 Å². The summed E-state index contributed by atoms with van der Waals surface area (Å²) in [5.41, 5.74) is 0.631. The predicted octanol–water partition coefficient (Wildman–Crippen LogP) is 2.27. The second kappa shape index (κ2) is 4.83. The largest absolute Gasteiger partial charge is 0.460 e. The molecule has 5 nitrogen and oxygen atoms in total. The van der Waals surface area contributed by atoms with Crippen molar-refractivity contribution in [3.63, 3.8) is 0 Å². The molecule has 0 spiro atoms. The molecule has 5 heteroatoms. The van der Waals surface area contributed by atoms with Gasteiger partial charge in [-0.1, -0.05) is 6.42 Å². The van der Waals surface area contributed by atoms with E-state index in [4.69, 9.17) is 4.42 Å². The minimum atomic E-state index is -0.752. The molecular weight excluding hydrogens is 210 g/mol. The van der Waals surface area contributed by atoms with Crippen LogP contribution in [0.4, 0.5) is 0 Å². The third kappa shape index (κ3) is 2.42. The molecule has 2 rings (SSSR count). The topological polar surface area (TPSA) is 65.5 Å². The summed E-state index contributed by atoms with van der Waals surface area (Å²) in [4.78, 5) is 16.4. The SMILES string of the molecule is O=C(O[N+]([O-])=C1CCCCC1)c1ccco1. The molecule has 1 fully saturated rings. The van der Waals surface area contributed by atoms with E-state index in [1.807, 2.05) is 0 Å². The zero-order valence-corrected chi connectivity index (χ0v) is 8.85. The van der Waals surface area contributed by atoms with Gasteiger partial charge in [0.15, 0.2) is 5.76 Å². The molecule has 0 atom stereocenters. The van der Waals surface area contributed by atoms with Crippen molar-refractivity contribution < 1.29 is 19.0 Å². The van der Waals surface area contributed by atoms with Crippen molar-refractivity contribution >= 4 is 11.7 Å². The molecule has 1 aliphatic carbocycles. The zero-order chi connectivity index (χ0) is 11.4. The lowest BCUT2D eigenvalue weighted by atomic mass is 9.99. The van der Waals surface area contributed by atoms with Crippen LogP contribution in [0.25, 0.3) is 0 Å². The van der Waals surface area contributed by atoms with Crippen LogP contribution in [-0.2, 0) is 4.84 Å². The van der Waals surface area contributed by atoms with Crippen molar-refractivity contribution in [3.8, 4) is 0 Å². The molecule has 0 saturated heterocycles. The molecular formula is C11H13NO4. The number of nitrogens with zero attached hydrogens (tertiary/aromatic N) is 1. The van der Waals surface area contributed by atoms with Crippen LogP contribution in [0.5, 0.6) is 0 Å². The van der Waals surface area contributed by atoms with Gasteiger partial charge in [0.2, 0.25) is 5.71 Å². The van der Waals surface area contributed by atoms with E-state index in [1.165, 1.54) is 12.3 Å². The van der Waals surface area contributed by atoms with E-state index >= 15 is 0 Å². The molecule has 1 heterocycles. The first-order valence-electron chi connectivity index (χ1n) is 5.35. The summed E-state index contributed by atoms with van der Waals surface area (Å²) in [5, 5.41) is 11.5. The van der Waals surface area contributed by atoms with Gasteiger partial charge in [-0.05, 0) is 25.0 Å². The molecule has 16 heavy (non-hydrogen) atoms. The summed E-state index contributed by atoms with van der Waals surface area (Å²) in [6.07, 6.45) is 5.85. The molecule has 1 aromatic rings. The van der Waals surface area contributed by atoms with Gasteiger partial charge in [-0.25, -0.2) is 0 Å². The first kappa shape index (κ1) is 10.7. The third-order valence-corrected chi connectivity index (χ3v) is 2.58. The summed E-state index contributed by atoms with van der Waals surface area (Å²) in [5.74, 6) is -0.713. The van der Waals surface area contributed by atoms with Crippen LogP contribution >= 0.6 is 0 Å². The summed E-state index contributed by atoms with van der Waals surface area (Å²) in [7, 11) is 0. The average Bonchev–Trinajstić information content (AvgIpc) is 2.83. The Hall–Kier alpha value is -1.78. The summed E-state index contributed by atoms with van der Waals surface area (Å²) < 4.78 is 4.83. The number of hydrogen-bond acceptors (Lipinski definition) is 4. The molecule has 86 valence electrons. The van der Waals surface area contributed by atoms with Crippen molar-refractivity contribution in [1.82, 2.24) is 0 Å². The van der Waals surface area contributed by atoms with E-state index in [-0.39, 0.29) is 5.76 Å². The Kier molecular flexibility index (Phi) is 3.24. The van der Waals surface area contributed by atoms with Gasteiger partial charge in [-0.15, -0.1) is 0 Å². The van der Waals surface area contributed by atoms with Crippen molar-refractivity contribution in [2.75, 3.05) is 0 Å². The van der Waals surface area contributed by atoms with Gasteiger partial charge in [0.05, 0.1) is 6.26 Å². The fourth-order valence-corrected chi connectivity index (χ4v) is 1.72. The lowest BCUT2D eigenvalue weighted by Gasteiger charge is -2.11. The number of hydrogen-bond donors (Lipinski definition) is 0. The Morgan fingerprint density at radius 1 is 1.38 bits per heavy atom. The zero-order valence-electron chi connectivity index (χ0n) is 8.85. The average molecular weight is 223 g/mol. The van der Waals surface area contributed by atoms with Crippen molar-refractivity contribution in [3.05, 3.63) is 29.4 Å². The number of furan rings is 1. The Morgan fingerprint density at radius 2 is 2.12 bits per heavy atom. The number of carbonyl (C=O) groups excluding carboxylic acids is 1. The van der Waals surface area contributed by atoms with Crippen LogP contribution in [-0.4, -0.2) is 16.6 Å². The van der Waals surface area contributed by atoms with Crippen molar-refractivity contribution in [2.45, 2.75) is 32.1 Å². The smallest absolute Gasteiger partial charge is 0.322 e. The highest BCUT2D eigenvalue weighted by atomic mass is 16.9. The van der Waals surface area contributed by atoms with Gasteiger partial charge in [-0.2, -0.15) is 0 Å². The van der Waals surface area contributed by atoms with Gasteiger partial charge >= 0.3 is 5.97 Å². The lowest BCUT2D eigenvalue weighted by molar-refractivity contribution is -0.712. The molecule has 0 amide bonds. The molecule has 1 aliphatic rings. The van der Waals surface area contributed by atoms with Crippen LogP contribution in [0.15, 0.2) is 22.8 Å². The quantitative estimate of drug-likeness (QED) is 0.438. The highest BCUT2D eigenvalue weighted by molar-refractivity contribution is 5.86. The van der Waals surface area contributed by atoms with E-state index in [0.717, 1.165) is 19.3 Å². The fourth-order valence-electron chi connectivity index (χ4n) is 1.72. The van der Waals surface area contributed by atoms with E-state index < -0.39 is 5.97 Å². The van der Waals surface area contributed by atoms with Crippen LogP contribution in [0.1, 0.15) is 42.7 Å².